The first-order valence-electron chi connectivity index (χ1n) is 9.46. The smallest absolute Gasteiger partial charge is 0.195 e. The van der Waals surface area contributed by atoms with Gasteiger partial charge in [-0.3, -0.25) is 0 Å². The molecule has 0 aliphatic carbocycles. The average Bonchev–Trinajstić information content (AvgIpc) is 2.85. The monoisotopic (exact) mass is 308 g/mol. The molecule has 0 radical (unpaired) electrons. The summed E-state index contributed by atoms with van der Waals surface area (Å²) in [5.41, 5.74) is 4.27. The molecule has 3 rings (SSSR count). The number of nitrogens with zero attached hydrogens (tertiary/aromatic N) is 1. The van der Waals surface area contributed by atoms with E-state index in [1.54, 1.807) is 0 Å². The summed E-state index contributed by atoms with van der Waals surface area (Å²) in [5, 5.41) is 2.82. The second kappa shape index (κ2) is 7.77. The lowest BCUT2D eigenvalue weighted by molar-refractivity contribution is -0.437. The van der Waals surface area contributed by atoms with E-state index in [2.05, 4.69) is 54.8 Å². The Morgan fingerprint density at radius 3 is 2.17 bits per heavy atom. The predicted octanol–water partition coefficient (Wildman–Crippen LogP) is 6.45. The van der Waals surface area contributed by atoms with E-state index >= 15 is 0 Å². The Balaban J connectivity index is 1.56. The van der Waals surface area contributed by atoms with Crippen LogP contribution in [-0.2, 0) is 0 Å². The van der Waals surface area contributed by atoms with E-state index in [0.717, 1.165) is 6.54 Å². The maximum atomic E-state index is 2.54. The van der Waals surface area contributed by atoms with E-state index in [-0.39, 0.29) is 0 Å². The van der Waals surface area contributed by atoms with Crippen molar-refractivity contribution in [1.82, 2.24) is 0 Å². The highest BCUT2D eigenvalue weighted by molar-refractivity contribution is 6.14. The standard InChI is InChI=1S/C22H30N/c1-3-4-5-6-7-8-9-10-17-23-18(2)20-15-11-13-19-14-12-16-21(23)22(19)20/h11-16H,3-10,17H2,1-2H3/q+1. The molecule has 0 spiro atoms. The molecule has 0 fully saturated rings. The minimum Gasteiger partial charge on any atom is -0.195 e. The summed E-state index contributed by atoms with van der Waals surface area (Å²) in [6, 6.07) is 13.4. The van der Waals surface area contributed by atoms with Crippen LogP contribution in [0.25, 0.3) is 10.8 Å². The summed E-state index contributed by atoms with van der Waals surface area (Å²) >= 11 is 0. The highest BCUT2D eigenvalue weighted by atomic mass is 15.0. The van der Waals surface area contributed by atoms with Crippen LogP contribution in [0, 0.1) is 0 Å². The number of hydrogen-bond donors (Lipinski definition) is 0. The van der Waals surface area contributed by atoms with Crippen LogP contribution < -0.4 is 0 Å². The minimum atomic E-state index is 1.16. The molecule has 0 amide bonds. The largest absolute Gasteiger partial charge is 0.214 e. The zero-order valence-corrected chi connectivity index (χ0v) is 14.8. The molecule has 0 saturated carbocycles. The number of benzene rings is 2. The number of hydrogen-bond acceptors (Lipinski definition) is 0. The van der Waals surface area contributed by atoms with Crippen LogP contribution in [0.2, 0.25) is 0 Å². The van der Waals surface area contributed by atoms with Crippen molar-refractivity contribution < 1.29 is 4.58 Å². The van der Waals surface area contributed by atoms with Crippen molar-refractivity contribution in [3.63, 3.8) is 0 Å². The normalized spacial score (nSPS) is 13.3. The van der Waals surface area contributed by atoms with Gasteiger partial charge in [0.25, 0.3) is 0 Å². The van der Waals surface area contributed by atoms with Gasteiger partial charge in [-0.2, -0.15) is 4.58 Å². The highest BCUT2D eigenvalue weighted by Crippen LogP contribution is 2.35. The van der Waals surface area contributed by atoms with Crippen molar-refractivity contribution in [2.75, 3.05) is 6.54 Å². The maximum absolute atomic E-state index is 2.54. The van der Waals surface area contributed by atoms with E-state index in [1.165, 1.54) is 79.1 Å². The lowest BCUT2D eigenvalue weighted by Gasteiger charge is -2.03. The molecule has 0 aromatic heterocycles. The second-order valence-electron chi connectivity index (χ2n) is 6.89. The molecule has 0 bridgehead atoms. The molecule has 23 heavy (non-hydrogen) atoms. The van der Waals surface area contributed by atoms with E-state index in [4.69, 9.17) is 0 Å². The van der Waals surface area contributed by atoms with Gasteiger partial charge in [0, 0.05) is 19.4 Å². The molecule has 1 heterocycles. The Kier molecular flexibility index (Phi) is 5.48. The van der Waals surface area contributed by atoms with E-state index in [9.17, 15) is 0 Å². The van der Waals surface area contributed by atoms with Crippen LogP contribution in [0.4, 0.5) is 5.69 Å². The molecule has 0 unspecified atom stereocenters. The summed E-state index contributed by atoms with van der Waals surface area (Å²) in [4.78, 5) is 0. The highest BCUT2D eigenvalue weighted by Gasteiger charge is 2.28. The van der Waals surface area contributed by atoms with E-state index < -0.39 is 0 Å². The topological polar surface area (TPSA) is 3.01 Å². The maximum Gasteiger partial charge on any atom is 0.214 e. The Morgan fingerprint density at radius 2 is 1.43 bits per heavy atom. The lowest BCUT2D eigenvalue weighted by atomic mass is 10.0. The molecule has 1 aliphatic rings. The quantitative estimate of drug-likeness (QED) is 0.370. The van der Waals surface area contributed by atoms with Crippen LogP contribution in [0.3, 0.4) is 0 Å². The summed E-state index contributed by atoms with van der Waals surface area (Å²) in [5.74, 6) is 0. The molecule has 0 N–H and O–H groups in total. The van der Waals surface area contributed by atoms with E-state index in [0.29, 0.717) is 0 Å². The zero-order chi connectivity index (χ0) is 16.1. The van der Waals surface area contributed by atoms with Gasteiger partial charge in [-0.1, -0.05) is 69.7 Å². The summed E-state index contributed by atoms with van der Waals surface area (Å²) < 4.78 is 2.54. The molecule has 122 valence electrons. The molecule has 1 aliphatic heterocycles. The number of rotatable bonds is 9. The van der Waals surface area contributed by atoms with Crippen molar-refractivity contribution in [3.8, 4) is 0 Å². The van der Waals surface area contributed by atoms with Gasteiger partial charge in [0.05, 0.1) is 10.9 Å². The van der Waals surface area contributed by atoms with Gasteiger partial charge >= 0.3 is 0 Å². The Bertz CT molecular complexity index is 691. The molecule has 1 heteroatoms. The van der Waals surface area contributed by atoms with Crippen molar-refractivity contribution in [2.45, 2.75) is 65.2 Å². The van der Waals surface area contributed by atoms with Crippen molar-refractivity contribution in [2.24, 2.45) is 0 Å². The van der Waals surface area contributed by atoms with Gasteiger partial charge < -0.3 is 0 Å². The van der Waals surface area contributed by atoms with Crippen LogP contribution in [0.1, 0.15) is 70.8 Å². The predicted molar refractivity (Wildman–Crippen MR) is 101 cm³/mol. The summed E-state index contributed by atoms with van der Waals surface area (Å²) in [6.07, 6.45) is 11.1. The van der Waals surface area contributed by atoms with Crippen molar-refractivity contribution in [1.29, 1.82) is 0 Å². The molecule has 0 atom stereocenters. The SMILES string of the molecule is CCCCCCCCCC[N+]1=C(C)c2cccc3cccc1c23. The van der Waals surface area contributed by atoms with E-state index in [1.807, 2.05) is 0 Å². The fourth-order valence-corrected chi connectivity index (χ4v) is 3.87. The van der Waals surface area contributed by atoms with Crippen LogP contribution in [-0.4, -0.2) is 16.8 Å². The third kappa shape index (κ3) is 3.49. The fraction of sp³-hybridized carbons (Fsp3) is 0.500. The van der Waals surface area contributed by atoms with Gasteiger partial charge in [0.15, 0.2) is 5.71 Å². The molecule has 0 saturated heterocycles. The van der Waals surface area contributed by atoms with Crippen molar-refractivity contribution in [3.05, 3.63) is 42.0 Å². The summed E-state index contributed by atoms with van der Waals surface area (Å²) in [7, 11) is 0. The third-order valence-electron chi connectivity index (χ3n) is 5.20. The van der Waals surface area contributed by atoms with Crippen LogP contribution >= 0.6 is 0 Å². The first-order chi connectivity index (χ1) is 11.3. The first-order valence-corrected chi connectivity index (χ1v) is 9.46. The second-order valence-corrected chi connectivity index (χ2v) is 6.89. The third-order valence-corrected chi connectivity index (χ3v) is 5.20. The summed E-state index contributed by atoms with van der Waals surface area (Å²) in [6.45, 7) is 5.72. The van der Waals surface area contributed by atoms with Gasteiger partial charge in [-0.15, -0.1) is 0 Å². The Morgan fingerprint density at radius 1 is 0.783 bits per heavy atom. The van der Waals surface area contributed by atoms with Crippen molar-refractivity contribution >= 4 is 22.2 Å². The van der Waals surface area contributed by atoms with Gasteiger partial charge in [0.1, 0.15) is 6.54 Å². The zero-order valence-electron chi connectivity index (χ0n) is 14.8. The molecule has 1 nitrogen and oxygen atoms in total. The van der Waals surface area contributed by atoms with Crippen LogP contribution in [0.5, 0.6) is 0 Å². The minimum absolute atomic E-state index is 1.16. The fourth-order valence-electron chi connectivity index (χ4n) is 3.87. The Labute approximate surface area is 141 Å². The van der Waals surface area contributed by atoms with Gasteiger partial charge in [-0.25, -0.2) is 0 Å². The van der Waals surface area contributed by atoms with Crippen LogP contribution in [0.15, 0.2) is 36.4 Å². The molecular formula is C22H30N+. The van der Waals surface area contributed by atoms with Gasteiger partial charge in [0.2, 0.25) is 5.69 Å². The molecule has 2 aromatic rings. The first kappa shape index (κ1) is 16.2. The average molecular weight is 308 g/mol. The Hall–Kier alpha value is -1.63. The number of unbranched alkanes of at least 4 members (excludes halogenated alkanes) is 7. The lowest BCUT2D eigenvalue weighted by Crippen LogP contribution is -2.12. The molecular weight excluding hydrogens is 278 g/mol. The van der Waals surface area contributed by atoms with Gasteiger partial charge in [-0.05, 0) is 17.9 Å². The molecule has 2 aromatic carbocycles.